The summed E-state index contributed by atoms with van der Waals surface area (Å²) in [6.07, 6.45) is 5.05. The van der Waals surface area contributed by atoms with Gasteiger partial charge in [-0.25, -0.2) is 9.97 Å². The van der Waals surface area contributed by atoms with E-state index in [1.165, 1.54) is 18.6 Å². The molecule has 0 amide bonds. The summed E-state index contributed by atoms with van der Waals surface area (Å²) in [7, 11) is 0. The van der Waals surface area contributed by atoms with Crippen LogP contribution in [0.1, 0.15) is 18.7 Å². The second-order valence-electron chi connectivity index (χ2n) is 4.71. The quantitative estimate of drug-likeness (QED) is 0.805. The Morgan fingerprint density at radius 3 is 3.11 bits per heavy atom. The largest absolute Gasteiger partial charge is 0.312 e. The summed E-state index contributed by atoms with van der Waals surface area (Å²) < 4.78 is 2.22. The minimum absolute atomic E-state index is 0.578. The Kier molecular flexibility index (Phi) is 4.20. The van der Waals surface area contributed by atoms with Crippen LogP contribution in [0.5, 0.6) is 0 Å². The second kappa shape index (κ2) is 5.90. The summed E-state index contributed by atoms with van der Waals surface area (Å²) in [5, 5.41) is 1.30. The van der Waals surface area contributed by atoms with Crippen molar-refractivity contribution in [1.29, 1.82) is 0 Å². The molecule has 0 bridgehead atoms. The van der Waals surface area contributed by atoms with Crippen molar-refractivity contribution in [2.24, 2.45) is 0 Å². The fourth-order valence-electron chi connectivity index (χ4n) is 2.49. The Morgan fingerprint density at radius 1 is 1.47 bits per heavy atom. The molecule has 1 aliphatic heterocycles. The van der Waals surface area contributed by atoms with Gasteiger partial charge in [-0.2, -0.15) is 11.8 Å². The number of hydrogen-bond donors (Lipinski definition) is 0. The number of aryl methyl sites for hydroxylation is 1. The first-order valence-corrected chi connectivity index (χ1v) is 8.42. The van der Waals surface area contributed by atoms with Gasteiger partial charge in [0.15, 0.2) is 5.65 Å². The number of hydrogen-bond acceptors (Lipinski definition) is 3. The molecule has 0 spiro atoms. The summed E-state index contributed by atoms with van der Waals surface area (Å²) in [5.41, 5.74) is 1.80. The van der Waals surface area contributed by atoms with Crippen molar-refractivity contribution in [3.63, 3.8) is 0 Å². The van der Waals surface area contributed by atoms with Crippen LogP contribution in [0.15, 0.2) is 12.3 Å². The van der Waals surface area contributed by atoms with Gasteiger partial charge in [-0.1, -0.05) is 11.6 Å². The highest BCUT2D eigenvalue weighted by Gasteiger charge is 2.20. The first-order chi connectivity index (χ1) is 9.28. The van der Waals surface area contributed by atoms with E-state index in [4.69, 9.17) is 23.2 Å². The van der Waals surface area contributed by atoms with Gasteiger partial charge in [0.2, 0.25) is 0 Å². The molecular weight excluding hydrogens is 301 g/mol. The van der Waals surface area contributed by atoms with Gasteiger partial charge in [-0.3, -0.25) is 0 Å². The van der Waals surface area contributed by atoms with Gasteiger partial charge in [0.1, 0.15) is 11.3 Å². The highest BCUT2D eigenvalue weighted by atomic mass is 35.5. The minimum atomic E-state index is 0.578. The fraction of sp³-hybridized carbons (Fsp3) is 0.538. The summed E-state index contributed by atoms with van der Waals surface area (Å²) >= 11 is 13.9. The van der Waals surface area contributed by atoms with Crippen LogP contribution >= 0.6 is 35.0 Å². The minimum Gasteiger partial charge on any atom is -0.312 e. The Balaban J connectivity index is 2.00. The van der Waals surface area contributed by atoms with Gasteiger partial charge in [0.25, 0.3) is 0 Å². The van der Waals surface area contributed by atoms with Crippen molar-refractivity contribution >= 4 is 46.1 Å². The number of aromatic nitrogens is 3. The third-order valence-corrected chi connectivity index (χ3v) is 5.14. The van der Waals surface area contributed by atoms with Crippen molar-refractivity contribution in [3.05, 3.63) is 23.1 Å². The Labute approximate surface area is 126 Å². The average molecular weight is 316 g/mol. The molecule has 19 heavy (non-hydrogen) atoms. The zero-order valence-corrected chi connectivity index (χ0v) is 12.8. The molecular formula is C13H15Cl2N3S. The summed E-state index contributed by atoms with van der Waals surface area (Å²) in [6, 6.07) is 1.87. The second-order valence-corrected chi connectivity index (χ2v) is 6.93. The lowest BCUT2D eigenvalue weighted by Crippen LogP contribution is -2.13. The molecule has 0 aliphatic carbocycles. The zero-order valence-electron chi connectivity index (χ0n) is 10.5. The van der Waals surface area contributed by atoms with Crippen molar-refractivity contribution in [3.8, 4) is 0 Å². The summed E-state index contributed by atoms with van der Waals surface area (Å²) in [6.45, 7) is 0.974. The molecule has 3 heterocycles. The number of rotatable bonds is 4. The van der Waals surface area contributed by atoms with Crippen LogP contribution in [0, 0.1) is 0 Å². The Morgan fingerprint density at radius 2 is 2.37 bits per heavy atom. The molecule has 2 aromatic heterocycles. The maximum Gasteiger partial charge on any atom is 0.160 e. The molecule has 102 valence electrons. The average Bonchev–Trinajstić information content (AvgIpc) is 2.99. The maximum absolute atomic E-state index is 5.99. The number of fused-ring (bicyclic) bond motifs is 1. The molecule has 0 radical (unpaired) electrons. The van der Waals surface area contributed by atoms with Crippen molar-refractivity contribution < 1.29 is 0 Å². The highest BCUT2D eigenvalue weighted by Crippen LogP contribution is 2.29. The van der Waals surface area contributed by atoms with E-state index in [0.717, 1.165) is 30.0 Å². The molecule has 0 N–H and O–H groups in total. The normalized spacial score (nSPS) is 19.4. The Hall–Kier alpha value is -0.450. The number of alkyl halides is 1. The molecule has 1 fully saturated rings. The third kappa shape index (κ3) is 2.86. The first kappa shape index (κ1) is 13.5. The van der Waals surface area contributed by atoms with Crippen LogP contribution in [-0.2, 0) is 13.0 Å². The number of thioether (sulfide) groups is 1. The van der Waals surface area contributed by atoms with E-state index in [-0.39, 0.29) is 0 Å². The number of pyridine rings is 1. The monoisotopic (exact) mass is 315 g/mol. The van der Waals surface area contributed by atoms with Crippen molar-refractivity contribution in [2.45, 2.75) is 31.1 Å². The zero-order chi connectivity index (χ0) is 13.2. The van der Waals surface area contributed by atoms with Gasteiger partial charge >= 0.3 is 0 Å². The predicted molar refractivity (Wildman–Crippen MR) is 82.4 cm³/mol. The predicted octanol–water partition coefficient (Wildman–Crippen LogP) is 3.76. The highest BCUT2D eigenvalue weighted by molar-refractivity contribution is 8.00. The number of nitrogens with zero attached hydrogens (tertiary/aromatic N) is 3. The fourth-order valence-corrected chi connectivity index (χ4v) is 4.07. The van der Waals surface area contributed by atoms with E-state index in [1.807, 2.05) is 17.8 Å². The van der Waals surface area contributed by atoms with Gasteiger partial charge < -0.3 is 4.57 Å². The van der Waals surface area contributed by atoms with E-state index in [1.54, 1.807) is 6.20 Å². The van der Waals surface area contributed by atoms with Crippen LogP contribution in [-0.4, -0.2) is 31.4 Å². The molecule has 1 unspecified atom stereocenters. The van der Waals surface area contributed by atoms with E-state index in [2.05, 4.69) is 14.5 Å². The van der Waals surface area contributed by atoms with Crippen LogP contribution in [0.25, 0.3) is 11.2 Å². The van der Waals surface area contributed by atoms with Gasteiger partial charge in [-0.15, -0.1) is 11.6 Å². The Bertz CT molecular complexity index is 579. The van der Waals surface area contributed by atoms with Crippen LogP contribution < -0.4 is 0 Å². The molecule has 0 aromatic carbocycles. The van der Waals surface area contributed by atoms with E-state index < -0.39 is 0 Å². The molecule has 1 aliphatic rings. The standard InChI is InChI=1S/C13H15Cl2N3S/c14-4-3-12-17-11-6-9(15)7-16-13(11)18(12)8-10-2-1-5-19-10/h6-7,10H,1-5,8H2. The lowest BCUT2D eigenvalue weighted by molar-refractivity contribution is 0.623. The van der Waals surface area contributed by atoms with E-state index in [0.29, 0.717) is 16.2 Å². The van der Waals surface area contributed by atoms with Crippen LogP contribution in [0.4, 0.5) is 0 Å². The summed E-state index contributed by atoms with van der Waals surface area (Å²) in [4.78, 5) is 9.07. The molecule has 1 saturated heterocycles. The lowest BCUT2D eigenvalue weighted by Gasteiger charge is -2.12. The molecule has 2 aromatic rings. The number of imidazole rings is 1. The lowest BCUT2D eigenvalue weighted by atomic mass is 10.2. The van der Waals surface area contributed by atoms with Gasteiger partial charge in [0, 0.05) is 30.3 Å². The molecule has 1 atom stereocenters. The maximum atomic E-state index is 5.99. The van der Waals surface area contributed by atoms with Crippen molar-refractivity contribution in [1.82, 2.24) is 14.5 Å². The molecule has 0 saturated carbocycles. The first-order valence-electron chi connectivity index (χ1n) is 6.46. The molecule has 3 rings (SSSR count). The smallest absolute Gasteiger partial charge is 0.160 e. The summed E-state index contributed by atoms with van der Waals surface area (Å²) in [5.74, 6) is 2.86. The molecule has 3 nitrogen and oxygen atoms in total. The topological polar surface area (TPSA) is 30.7 Å². The van der Waals surface area contributed by atoms with E-state index >= 15 is 0 Å². The van der Waals surface area contributed by atoms with Crippen LogP contribution in [0.3, 0.4) is 0 Å². The third-order valence-electron chi connectivity index (χ3n) is 3.36. The number of halogens is 2. The van der Waals surface area contributed by atoms with Crippen LogP contribution in [0.2, 0.25) is 5.02 Å². The van der Waals surface area contributed by atoms with Gasteiger partial charge in [-0.05, 0) is 24.7 Å². The van der Waals surface area contributed by atoms with Crippen molar-refractivity contribution in [2.75, 3.05) is 11.6 Å². The van der Waals surface area contributed by atoms with Gasteiger partial charge in [0.05, 0.1) is 5.02 Å². The SMILES string of the molecule is ClCCc1nc2cc(Cl)cnc2n1CC1CCCS1. The van der Waals surface area contributed by atoms with E-state index in [9.17, 15) is 0 Å². The molecule has 6 heteroatoms.